The molecule has 9 aromatic carbocycles. The molecule has 11 aromatic rings. The zero-order valence-electron chi connectivity index (χ0n) is 37.5. The maximum atomic E-state index is 5.64. The van der Waals surface area contributed by atoms with E-state index in [9.17, 15) is 0 Å². The Balaban J connectivity index is 1.08. The highest BCUT2D eigenvalue weighted by molar-refractivity contribution is 7.08. The number of aryl methyl sites for hydroxylation is 4. The molecular weight excluding hydrogens is 809 g/mol. The minimum absolute atomic E-state index is 0.00356. The van der Waals surface area contributed by atoms with Gasteiger partial charge in [0.25, 0.3) is 6.71 Å². The predicted molar refractivity (Wildman–Crippen MR) is 285 cm³/mol. The molecule has 0 saturated heterocycles. The lowest BCUT2D eigenvalue weighted by atomic mass is 9.25. The fourth-order valence-electron chi connectivity index (χ4n) is 14.2. The van der Waals surface area contributed by atoms with E-state index in [-0.39, 0.29) is 20.1 Å². The van der Waals surface area contributed by atoms with Gasteiger partial charge in [0.2, 0.25) is 13.4 Å². The Labute approximate surface area is 388 Å². The van der Waals surface area contributed by atoms with Gasteiger partial charge in [0.05, 0.1) is 22.4 Å². The molecule has 0 saturated carbocycles. The Kier molecular flexibility index (Phi) is 6.20. The van der Waals surface area contributed by atoms with Crippen LogP contribution in [0.15, 0.2) is 152 Å². The first-order valence-corrected chi connectivity index (χ1v) is 23.9. The number of nitrogens with zero attached hydrogens (tertiary/aromatic N) is 4. The van der Waals surface area contributed by atoms with Gasteiger partial charge in [-0.3, -0.25) is 0 Å². The van der Waals surface area contributed by atoms with Gasteiger partial charge in [0, 0.05) is 55.7 Å². The lowest BCUT2D eigenvalue weighted by molar-refractivity contribution is 1.25. The Morgan fingerprint density at radius 2 is 0.791 bits per heavy atom. The first-order chi connectivity index (χ1) is 32.9. The quantitative estimate of drug-likeness (QED) is 0.114. The molecule has 306 valence electrons. The van der Waals surface area contributed by atoms with Gasteiger partial charge < -0.3 is 9.80 Å². The van der Waals surface area contributed by atoms with E-state index >= 15 is 0 Å². The van der Waals surface area contributed by atoms with Crippen LogP contribution in [0.1, 0.15) is 22.3 Å². The Bertz CT molecular complexity index is 4000. The summed E-state index contributed by atoms with van der Waals surface area (Å²) in [6.07, 6.45) is 0. The fourth-order valence-corrected chi connectivity index (χ4v) is 14.2. The van der Waals surface area contributed by atoms with Crippen molar-refractivity contribution >= 4 is 147 Å². The summed E-state index contributed by atoms with van der Waals surface area (Å²) in [5.41, 5.74) is 31.9. The van der Waals surface area contributed by atoms with Crippen LogP contribution in [-0.2, 0) is 0 Å². The number of fused-ring (bicyclic) bond motifs is 18. The average molecular weight is 846 g/mol. The summed E-state index contributed by atoms with van der Waals surface area (Å²) in [4.78, 5) is 16.6. The summed E-state index contributed by atoms with van der Waals surface area (Å²) in [7, 11) is 0. The van der Waals surface area contributed by atoms with Crippen molar-refractivity contribution in [3.8, 4) is 22.5 Å². The molecule has 4 nitrogen and oxygen atoms in total. The third kappa shape index (κ3) is 3.99. The van der Waals surface area contributed by atoms with Crippen molar-refractivity contribution < 1.29 is 0 Å². The van der Waals surface area contributed by atoms with E-state index in [1.165, 1.54) is 149 Å². The SMILES string of the molecule is Cc1ccc2c(c1)B1c3cc(C)ccc3N3c4cccc5c4B(c4cc6c(c1c43)N2c1cccc2c1B6c1cccc3c1c-2nc1c(C)cccc13)c1cccc2c1c-5nc1c(C)cccc12. The topological polar surface area (TPSA) is 32.3 Å². The number of para-hydroxylation sites is 2. The Morgan fingerprint density at radius 3 is 1.28 bits per heavy atom. The molecule has 0 N–H and O–H groups in total. The highest BCUT2D eigenvalue weighted by atomic mass is 15.2. The average Bonchev–Trinajstić information content (AvgIpc) is 3.35. The highest BCUT2D eigenvalue weighted by Gasteiger charge is 2.54. The standard InChI is InChI=1S/C60H37B3N4/c1-30-23-25-46-42(27-30)63-43-28-31(2)24-26-47(43)67-49-22-10-18-39-53(49)62(41-20-8-14-35-37-16-6-12-33(4)56(37)65-58(39)51(35)41)45-29-44-59(54(63)60(45)67)66(46)48-21-9-17-38-52(48)61(44)40-19-7-13-34-36-15-5-11-32(3)55(36)64-57(38)50(34)40/h5-29H,1-4H3. The number of anilines is 6. The second-order valence-electron chi connectivity index (χ2n) is 20.1. The van der Waals surface area contributed by atoms with Crippen LogP contribution in [0.5, 0.6) is 0 Å². The smallest absolute Gasteiger partial charge is 0.252 e. The van der Waals surface area contributed by atoms with Crippen molar-refractivity contribution in [2.24, 2.45) is 0 Å². The predicted octanol–water partition coefficient (Wildman–Crippen LogP) is 8.03. The zero-order valence-corrected chi connectivity index (χ0v) is 37.5. The molecule has 67 heavy (non-hydrogen) atoms. The van der Waals surface area contributed by atoms with E-state index in [1.807, 2.05) is 0 Å². The molecule has 0 aliphatic carbocycles. The first kappa shape index (κ1) is 35.4. The van der Waals surface area contributed by atoms with Crippen LogP contribution in [0.4, 0.5) is 34.1 Å². The zero-order chi connectivity index (χ0) is 43.9. The van der Waals surface area contributed by atoms with Crippen molar-refractivity contribution in [2.45, 2.75) is 27.7 Å². The summed E-state index contributed by atoms with van der Waals surface area (Å²) >= 11 is 0. The normalized spacial score (nSPS) is 14.4. The molecule has 0 amide bonds. The molecule has 7 heteroatoms. The van der Waals surface area contributed by atoms with E-state index in [0.29, 0.717) is 0 Å². The molecule has 0 spiro atoms. The maximum Gasteiger partial charge on any atom is 0.252 e. The van der Waals surface area contributed by atoms with Crippen molar-refractivity contribution in [1.82, 2.24) is 9.97 Å². The van der Waals surface area contributed by atoms with Crippen molar-refractivity contribution in [1.29, 1.82) is 0 Å². The van der Waals surface area contributed by atoms with Gasteiger partial charge in [0.1, 0.15) is 0 Å². The minimum Gasteiger partial charge on any atom is -0.312 e. The van der Waals surface area contributed by atoms with Crippen molar-refractivity contribution in [3.05, 3.63) is 174 Å². The fraction of sp³-hybridized carbons (Fsp3) is 0.0667. The van der Waals surface area contributed by atoms with Crippen LogP contribution in [-0.4, -0.2) is 30.1 Å². The van der Waals surface area contributed by atoms with E-state index < -0.39 is 0 Å². The van der Waals surface area contributed by atoms with E-state index in [0.717, 1.165) is 22.4 Å². The number of hydrogen-bond acceptors (Lipinski definition) is 4. The summed E-state index contributed by atoms with van der Waals surface area (Å²) < 4.78 is 0. The summed E-state index contributed by atoms with van der Waals surface area (Å²) in [5.74, 6) is 0. The van der Waals surface area contributed by atoms with Gasteiger partial charge in [-0.2, -0.15) is 0 Å². The Hall–Kier alpha value is -7.89. The minimum atomic E-state index is -0.00356. The Morgan fingerprint density at radius 1 is 0.358 bits per heavy atom. The molecule has 6 aliphatic rings. The third-order valence-corrected chi connectivity index (χ3v) is 16.7. The van der Waals surface area contributed by atoms with E-state index in [4.69, 9.17) is 9.97 Å². The van der Waals surface area contributed by atoms with Crippen LogP contribution >= 0.6 is 0 Å². The lowest BCUT2D eigenvalue weighted by Crippen LogP contribution is -2.72. The molecule has 0 fully saturated rings. The molecule has 0 atom stereocenters. The second kappa shape index (κ2) is 11.7. The molecule has 6 aliphatic heterocycles. The van der Waals surface area contributed by atoms with Crippen molar-refractivity contribution in [2.75, 3.05) is 9.80 Å². The van der Waals surface area contributed by atoms with Crippen molar-refractivity contribution in [3.63, 3.8) is 0 Å². The molecule has 0 unspecified atom stereocenters. The largest absolute Gasteiger partial charge is 0.312 e. The van der Waals surface area contributed by atoms with E-state index in [1.54, 1.807) is 0 Å². The second-order valence-corrected chi connectivity index (χ2v) is 20.1. The van der Waals surface area contributed by atoms with Crippen LogP contribution in [0.3, 0.4) is 0 Å². The summed E-state index contributed by atoms with van der Waals surface area (Å²) in [6.45, 7) is 8.96. The number of pyridine rings is 2. The maximum absolute atomic E-state index is 5.64. The first-order valence-electron chi connectivity index (χ1n) is 23.9. The molecule has 0 radical (unpaired) electrons. The monoisotopic (exact) mass is 846 g/mol. The summed E-state index contributed by atoms with van der Waals surface area (Å²) in [6, 6.07) is 58.6. The molecule has 2 aromatic heterocycles. The number of benzene rings is 9. The molecule has 0 bridgehead atoms. The summed E-state index contributed by atoms with van der Waals surface area (Å²) in [5, 5.41) is 7.58. The van der Waals surface area contributed by atoms with Crippen LogP contribution in [0.2, 0.25) is 0 Å². The molecular formula is C60H37B3N4. The number of rotatable bonds is 0. The van der Waals surface area contributed by atoms with Gasteiger partial charge in [-0.25, -0.2) is 9.97 Å². The number of aromatic nitrogens is 2. The van der Waals surface area contributed by atoms with Crippen LogP contribution in [0.25, 0.3) is 65.9 Å². The van der Waals surface area contributed by atoms with Crippen LogP contribution < -0.4 is 59.0 Å². The van der Waals surface area contributed by atoms with Gasteiger partial charge in [0.15, 0.2) is 0 Å². The lowest BCUT2D eigenvalue weighted by Gasteiger charge is -2.52. The van der Waals surface area contributed by atoms with Gasteiger partial charge in [-0.15, -0.1) is 0 Å². The van der Waals surface area contributed by atoms with Gasteiger partial charge in [-0.1, -0.05) is 149 Å². The van der Waals surface area contributed by atoms with Gasteiger partial charge >= 0.3 is 0 Å². The van der Waals surface area contributed by atoms with E-state index in [2.05, 4.69) is 189 Å². The highest BCUT2D eigenvalue weighted by Crippen LogP contribution is 2.49. The van der Waals surface area contributed by atoms with Gasteiger partial charge in [-0.05, 0) is 123 Å². The third-order valence-electron chi connectivity index (χ3n) is 16.7. The molecule has 17 rings (SSSR count). The van der Waals surface area contributed by atoms with Crippen LogP contribution in [0, 0.1) is 27.7 Å². The molecule has 8 heterocycles. The number of hydrogen-bond donors (Lipinski definition) is 0.